The summed E-state index contributed by atoms with van der Waals surface area (Å²) in [5.74, 6) is 0.670. The number of nitrogens with one attached hydrogen (secondary N) is 2. The van der Waals surface area contributed by atoms with Crippen molar-refractivity contribution in [2.45, 2.75) is 68.5 Å². The Hall–Kier alpha value is -0.520. The molecular formula is C17H23FN2S2. The van der Waals surface area contributed by atoms with Crippen molar-refractivity contribution in [3.63, 3.8) is 0 Å². The number of allylic oxidation sites excluding steroid dienone is 1. The summed E-state index contributed by atoms with van der Waals surface area (Å²) in [7, 11) is 0. The van der Waals surface area contributed by atoms with Crippen LogP contribution in [-0.2, 0) is 12.8 Å². The molecule has 1 aromatic heterocycles. The fourth-order valence-corrected chi connectivity index (χ4v) is 5.70. The predicted octanol–water partition coefficient (Wildman–Crippen LogP) is 5.06. The average molecular weight is 339 g/mol. The van der Waals surface area contributed by atoms with Crippen molar-refractivity contribution >= 4 is 28.3 Å². The Bertz CT molecular complexity index is 573. The molecule has 1 heterocycles. The lowest BCUT2D eigenvalue weighted by Crippen LogP contribution is -2.38. The monoisotopic (exact) mass is 338 g/mol. The zero-order valence-corrected chi connectivity index (χ0v) is 14.4. The molecule has 3 aliphatic rings. The molecule has 0 unspecified atom stereocenters. The third-order valence-corrected chi connectivity index (χ3v) is 7.32. The van der Waals surface area contributed by atoms with Crippen LogP contribution in [0.4, 0.5) is 9.39 Å². The average Bonchev–Trinajstić information content (AvgIpc) is 3.26. The van der Waals surface area contributed by atoms with E-state index >= 15 is 0 Å². The molecule has 3 aliphatic carbocycles. The fraction of sp³-hybridized carbons (Fsp3) is 0.647. The molecule has 2 nitrogen and oxygen atoms in total. The summed E-state index contributed by atoms with van der Waals surface area (Å²) in [6.45, 7) is 4.21. The number of hydrogen-bond acceptors (Lipinski definition) is 4. The van der Waals surface area contributed by atoms with Gasteiger partial charge in [0.2, 0.25) is 0 Å². The number of alkyl halides is 1. The van der Waals surface area contributed by atoms with Gasteiger partial charge in [-0.1, -0.05) is 6.58 Å². The molecule has 2 saturated carbocycles. The molecule has 2 N–H and O–H groups in total. The summed E-state index contributed by atoms with van der Waals surface area (Å²) < 4.78 is 16.5. The molecule has 2 fully saturated rings. The molecule has 0 amide bonds. The van der Waals surface area contributed by atoms with Gasteiger partial charge in [0.05, 0.1) is 4.90 Å². The van der Waals surface area contributed by atoms with Gasteiger partial charge in [-0.15, -0.1) is 11.3 Å². The first-order valence-corrected chi connectivity index (χ1v) is 10.0. The number of anilines is 1. The van der Waals surface area contributed by atoms with Gasteiger partial charge in [0.1, 0.15) is 11.2 Å². The maximum atomic E-state index is 13.0. The van der Waals surface area contributed by atoms with Gasteiger partial charge in [-0.3, -0.25) is 4.72 Å². The van der Waals surface area contributed by atoms with E-state index in [1.54, 1.807) is 16.8 Å². The van der Waals surface area contributed by atoms with Crippen LogP contribution >= 0.6 is 23.3 Å². The second kappa shape index (κ2) is 6.17. The molecule has 0 saturated heterocycles. The van der Waals surface area contributed by atoms with E-state index < -0.39 is 6.17 Å². The molecule has 0 spiro atoms. The second-order valence-electron chi connectivity index (χ2n) is 6.78. The largest absolute Gasteiger partial charge is 0.350 e. The van der Waals surface area contributed by atoms with Crippen molar-refractivity contribution in [3.05, 3.63) is 22.7 Å². The van der Waals surface area contributed by atoms with E-state index in [2.05, 4.69) is 16.6 Å². The van der Waals surface area contributed by atoms with Crippen LogP contribution in [0.25, 0.3) is 0 Å². The Kier molecular flexibility index (Phi) is 4.22. The Morgan fingerprint density at radius 2 is 2.00 bits per heavy atom. The van der Waals surface area contributed by atoms with E-state index in [1.807, 2.05) is 11.3 Å². The summed E-state index contributed by atoms with van der Waals surface area (Å²) in [6.07, 6.45) is 8.27. The first-order valence-electron chi connectivity index (χ1n) is 8.37. The lowest BCUT2D eigenvalue weighted by molar-refractivity contribution is 0.173. The smallest absolute Gasteiger partial charge is 0.108 e. The number of thiophene rings is 1. The zero-order valence-electron chi connectivity index (χ0n) is 12.8. The molecule has 0 atom stereocenters. The van der Waals surface area contributed by atoms with Gasteiger partial charge in [-0.25, -0.2) is 4.39 Å². The first kappa shape index (κ1) is 15.0. The maximum absolute atomic E-state index is 13.0. The molecule has 0 radical (unpaired) electrons. The Morgan fingerprint density at radius 1 is 1.23 bits per heavy atom. The molecule has 0 bridgehead atoms. The van der Waals surface area contributed by atoms with Crippen molar-refractivity contribution in [2.75, 3.05) is 5.32 Å². The number of halogens is 1. The highest BCUT2D eigenvalue weighted by molar-refractivity contribution is 7.97. The van der Waals surface area contributed by atoms with E-state index in [0.717, 1.165) is 0 Å². The minimum absolute atomic E-state index is 0.332. The van der Waals surface area contributed by atoms with Crippen LogP contribution in [0.1, 0.15) is 49.0 Å². The number of hydrogen-bond donors (Lipinski definition) is 2. The number of rotatable bonds is 6. The molecule has 1 aromatic rings. The van der Waals surface area contributed by atoms with Crippen LogP contribution in [0.15, 0.2) is 17.2 Å². The van der Waals surface area contributed by atoms with Gasteiger partial charge >= 0.3 is 0 Å². The quantitative estimate of drug-likeness (QED) is 0.709. The van der Waals surface area contributed by atoms with Gasteiger partial charge < -0.3 is 5.32 Å². The van der Waals surface area contributed by atoms with Gasteiger partial charge in [0.15, 0.2) is 0 Å². The standard InChI is InChI=1S/C17H23FN2S2/c1-10(11-6-7-11)19-17-16(22-20-13-8-12(18)9-13)14-4-2-3-5-15(14)21-17/h11-13,19-20H,1-9H2/t12-,13+. The lowest BCUT2D eigenvalue weighted by atomic mass is 9.92. The van der Waals surface area contributed by atoms with Crippen molar-refractivity contribution in [1.29, 1.82) is 0 Å². The summed E-state index contributed by atoms with van der Waals surface area (Å²) in [5.41, 5.74) is 2.70. The maximum Gasteiger partial charge on any atom is 0.108 e. The van der Waals surface area contributed by atoms with Crippen molar-refractivity contribution in [2.24, 2.45) is 5.92 Å². The van der Waals surface area contributed by atoms with Crippen LogP contribution in [0, 0.1) is 5.92 Å². The summed E-state index contributed by atoms with van der Waals surface area (Å²) in [6, 6.07) is 0.332. The third-order valence-electron chi connectivity index (χ3n) is 4.88. The summed E-state index contributed by atoms with van der Waals surface area (Å²) >= 11 is 3.63. The van der Waals surface area contributed by atoms with Crippen LogP contribution in [0.2, 0.25) is 0 Å². The van der Waals surface area contributed by atoms with E-state index in [9.17, 15) is 4.39 Å². The zero-order chi connectivity index (χ0) is 15.1. The predicted molar refractivity (Wildman–Crippen MR) is 93.4 cm³/mol. The van der Waals surface area contributed by atoms with Gasteiger partial charge in [-0.2, -0.15) is 0 Å². The van der Waals surface area contributed by atoms with Gasteiger partial charge in [0.25, 0.3) is 0 Å². The molecular weight excluding hydrogens is 315 g/mol. The van der Waals surface area contributed by atoms with Crippen molar-refractivity contribution in [3.8, 4) is 0 Å². The molecule has 0 aromatic carbocycles. The van der Waals surface area contributed by atoms with Gasteiger partial charge in [-0.05, 0) is 74.8 Å². The van der Waals surface area contributed by atoms with E-state index in [-0.39, 0.29) is 0 Å². The Balaban J connectivity index is 1.50. The fourth-order valence-electron chi connectivity index (χ4n) is 3.19. The Labute approximate surface area is 140 Å². The topological polar surface area (TPSA) is 24.1 Å². The summed E-state index contributed by atoms with van der Waals surface area (Å²) in [4.78, 5) is 2.89. The molecule has 4 rings (SSSR count). The van der Waals surface area contributed by atoms with E-state index in [0.29, 0.717) is 24.8 Å². The van der Waals surface area contributed by atoms with Gasteiger partial charge in [0, 0.05) is 16.6 Å². The first-order chi connectivity index (χ1) is 10.7. The normalized spacial score (nSPS) is 27.1. The molecule has 5 heteroatoms. The Morgan fingerprint density at radius 3 is 2.73 bits per heavy atom. The van der Waals surface area contributed by atoms with E-state index in [1.165, 1.54) is 59.7 Å². The highest BCUT2D eigenvalue weighted by Gasteiger charge is 2.31. The second-order valence-corrected chi connectivity index (χ2v) is 8.73. The highest BCUT2D eigenvalue weighted by atomic mass is 32.2. The molecule has 22 heavy (non-hydrogen) atoms. The SMILES string of the molecule is C=C(Nc1sc2c(c1SN[C@H]1C[C@@H](F)C1)CCCC2)C1CC1. The van der Waals surface area contributed by atoms with Crippen LogP contribution in [0.3, 0.4) is 0 Å². The number of fused-ring (bicyclic) bond motifs is 1. The molecule has 0 aliphatic heterocycles. The van der Waals surface area contributed by atoms with Crippen LogP contribution in [0.5, 0.6) is 0 Å². The molecule has 120 valence electrons. The van der Waals surface area contributed by atoms with E-state index in [4.69, 9.17) is 0 Å². The minimum atomic E-state index is -0.596. The highest BCUT2D eigenvalue weighted by Crippen LogP contribution is 2.45. The lowest BCUT2D eigenvalue weighted by Gasteiger charge is -2.30. The van der Waals surface area contributed by atoms with Crippen molar-refractivity contribution in [1.82, 2.24) is 4.72 Å². The van der Waals surface area contributed by atoms with Crippen LogP contribution < -0.4 is 10.0 Å². The summed E-state index contributed by atoms with van der Waals surface area (Å²) in [5, 5.41) is 4.85. The van der Waals surface area contributed by atoms with Crippen LogP contribution in [-0.4, -0.2) is 12.2 Å². The van der Waals surface area contributed by atoms with Crippen molar-refractivity contribution < 1.29 is 4.39 Å². The number of aryl methyl sites for hydroxylation is 1. The third kappa shape index (κ3) is 3.08. The minimum Gasteiger partial charge on any atom is -0.350 e.